The third-order valence-electron chi connectivity index (χ3n) is 9.19. The summed E-state index contributed by atoms with van der Waals surface area (Å²) in [5.41, 5.74) is 2.68. The maximum Gasteiger partial charge on any atom is 0.255 e. The lowest BCUT2D eigenvalue weighted by molar-refractivity contribution is -0.153. The Labute approximate surface area is 239 Å². The van der Waals surface area contributed by atoms with E-state index in [0.717, 1.165) is 0 Å². The molecule has 0 saturated heterocycles. The Hall–Kier alpha value is -4.61. The molecule has 6 rings (SSSR count). The summed E-state index contributed by atoms with van der Waals surface area (Å²) < 4.78 is 0. The van der Waals surface area contributed by atoms with Crippen LogP contribution in [0.15, 0.2) is 53.3 Å². The second-order valence-corrected chi connectivity index (χ2v) is 11.6. The van der Waals surface area contributed by atoms with Crippen LogP contribution in [0.5, 0.6) is 5.75 Å². The van der Waals surface area contributed by atoms with Crippen molar-refractivity contribution in [1.82, 2.24) is 4.90 Å². The molecule has 42 heavy (non-hydrogen) atoms. The standard InChI is InChI=1S/C31H28N2O9/c1-33(2)22-18-11-14-9-12-7-8-13(10-17-24(35)15-5-3-4-6-16(15)25(17)36)23(34)19(12)26(37)20(14)28(39)31(18,42)29(40)21(27(22)38)30(32)41/h3-8,14,17-18,22,34,37,40,42H,9-11H2,1-2H3,(H2,32,41)/t14-,18-,22-,31-/m0/s1. The third kappa shape index (κ3) is 3.50. The fourth-order valence-corrected chi connectivity index (χ4v) is 7.24. The molecule has 4 aliphatic rings. The molecular formula is C31H28N2O9. The van der Waals surface area contributed by atoms with Crippen LogP contribution in [-0.2, 0) is 27.2 Å². The van der Waals surface area contributed by atoms with Gasteiger partial charge in [-0.25, -0.2) is 0 Å². The summed E-state index contributed by atoms with van der Waals surface area (Å²) in [6, 6.07) is 8.49. The summed E-state index contributed by atoms with van der Waals surface area (Å²) in [7, 11) is 3.07. The van der Waals surface area contributed by atoms with Gasteiger partial charge in [-0.05, 0) is 50.4 Å². The zero-order chi connectivity index (χ0) is 30.4. The quantitative estimate of drug-likeness (QED) is 0.262. The summed E-state index contributed by atoms with van der Waals surface area (Å²) in [5.74, 6) is -9.10. The number of aromatic hydroxyl groups is 1. The molecule has 0 spiro atoms. The van der Waals surface area contributed by atoms with Crippen molar-refractivity contribution in [2.75, 3.05) is 14.1 Å². The van der Waals surface area contributed by atoms with Crippen LogP contribution in [0, 0.1) is 17.8 Å². The first kappa shape index (κ1) is 27.6. The Morgan fingerprint density at radius 1 is 0.976 bits per heavy atom. The lowest BCUT2D eigenvalue weighted by Crippen LogP contribution is -2.65. The maximum absolute atomic E-state index is 14.0. The Morgan fingerprint density at radius 2 is 1.60 bits per heavy atom. The number of primary amides is 1. The first-order chi connectivity index (χ1) is 19.8. The monoisotopic (exact) mass is 572 g/mol. The van der Waals surface area contributed by atoms with Gasteiger partial charge in [-0.3, -0.25) is 28.9 Å². The highest BCUT2D eigenvalue weighted by Gasteiger charge is 2.64. The van der Waals surface area contributed by atoms with E-state index in [4.69, 9.17) is 5.73 Å². The van der Waals surface area contributed by atoms with Gasteiger partial charge < -0.3 is 26.2 Å². The highest BCUT2D eigenvalue weighted by molar-refractivity contribution is 6.26. The van der Waals surface area contributed by atoms with Gasteiger partial charge in [0.15, 0.2) is 23.0 Å². The Bertz CT molecular complexity index is 1680. The van der Waals surface area contributed by atoms with Gasteiger partial charge in [-0.1, -0.05) is 36.4 Å². The van der Waals surface area contributed by atoms with Crippen LogP contribution in [0.1, 0.15) is 43.8 Å². The van der Waals surface area contributed by atoms with Crippen LogP contribution < -0.4 is 5.73 Å². The first-order valence-electron chi connectivity index (χ1n) is 13.5. The number of Topliss-reactive ketones (excluding diaryl/α,β-unsaturated/α-hetero) is 4. The molecule has 4 aliphatic carbocycles. The van der Waals surface area contributed by atoms with Crippen molar-refractivity contribution in [2.24, 2.45) is 23.5 Å². The summed E-state index contributed by atoms with van der Waals surface area (Å²) in [4.78, 5) is 66.6. The number of hydrogen-bond acceptors (Lipinski definition) is 10. The van der Waals surface area contributed by atoms with Crippen molar-refractivity contribution in [3.05, 3.63) is 81.1 Å². The smallest absolute Gasteiger partial charge is 0.255 e. The molecule has 6 N–H and O–H groups in total. The summed E-state index contributed by atoms with van der Waals surface area (Å²) in [6.45, 7) is 0. The number of nitrogens with two attached hydrogens (primary N) is 1. The number of nitrogens with zero attached hydrogens (tertiary/aromatic N) is 1. The van der Waals surface area contributed by atoms with Gasteiger partial charge in [0.1, 0.15) is 22.8 Å². The van der Waals surface area contributed by atoms with Gasteiger partial charge in [0, 0.05) is 22.6 Å². The minimum absolute atomic E-state index is 0.0163. The number of phenols is 1. The molecule has 0 bridgehead atoms. The maximum atomic E-state index is 14.0. The molecule has 1 amide bonds. The lowest BCUT2D eigenvalue weighted by Gasteiger charge is -2.50. The average molecular weight is 573 g/mol. The number of fused-ring (bicyclic) bond motifs is 4. The molecule has 0 radical (unpaired) electrons. The van der Waals surface area contributed by atoms with E-state index in [9.17, 15) is 44.4 Å². The number of benzene rings is 2. The Morgan fingerprint density at radius 3 is 2.17 bits per heavy atom. The van der Waals surface area contributed by atoms with E-state index in [0.29, 0.717) is 16.7 Å². The SMILES string of the molecule is CN(C)[C@@H]1C(=O)C(C(N)=O)=C(O)[C@@]2(O)C(=O)C3=C(O)c4c(ccc(CC5C(=O)c6ccccc6C5=O)c4O)C[C@H]3C[C@@H]12. The fraction of sp³-hybridized carbons (Fsp3) is 0.323. The fourth-order valence-electron chi connectivity index (χ4n) is 7.24. The summed E-state index contributed by atoms with van der Waals surface area (Å²) in [5, 5.41) is 45.4. The Kier molecular flexibility index (Phi) is 6.03. The second-order valence-electron chi connectivity index (χ2n) is 11.6. The number of ketones is 4. The molecule has 4 atom stereocenters. The highest BCUT2D eigenvalue weighted by Crippen LogP contribution is 2.53. The van der Waals surface area contributed by atoms with Crippen LogP contribution in [0.4, 0.5) is 0 Å². The van der Waals surface area contributed by atoms with Crippen molar-refractivity contribution >= 4 is 34.8 Å². The number of amides is 1. The van der Waals surface area contributed by atoms with E-state index >= 15 is 0 Å². The van der Waals surface area contributed by atoms with Crippen molar-refractivity contribution in [1.29, 1.82) is 0 Å². The van der Waals surface area contributed by atoms with Gasteiger partial charge in [0.2, 0.25) is 5.78 Å². The molecule has 216 valence electrons. The van der Waals surface area contributed by atoms with Crippen LogP contribution >= 0.6 is 0 Å². The minimum Gasteiger partial charge on any atom is -0.508 e. The number of aliphatic hydroxyl groups excluding tert-OH is 2. The van der Waals surface area contributed by atoms with E-state index in [1.54, 1.807) is 36.4 Å². The molecule has 11 heteroatoms. The third-order valence-corrected chi connectivity index (χ3v) is 9.19. The van der Waals surface area contributed by atoms with Crippen molar-refractivity contribution in [3.8, 4) is 5.75 Å². The molecule has 0 aromatic heterocycles. The van der Waals surface area contributed by atoms with Crippen LogP contribution in [0.2, 0.25) is 0 Å². The number of rotatable bonds is 4. The number of hydrogen-bond donors (Lipinski definition) is 5. The Balaban J connectivity index is 1.44. The second kappa shape index (κ2) is 9.20. The number of carbonyl (C=O) groups is 5. The normalized spacial score (nSPS) is 27.3. The zero-order valence-electron chi connectivity index (χ0n) is 22.7. The van der Waals surface area contributed by atoms with Gasteiger partial charge >= 0.3 is 0 Å². The van der Waals surface area contributed by atoms with Crippen molar-refractivity contribution in [3.63, 3.8) is 0 Å². The van der Waals surface area contributed by atoms with Crippen LogP contribution in [0.25, 0.3) is 5.76 Å². The number of likely N-dealkylation sites (N-methyl/N-ethyl adjacent to an activating group) is 1. The number of aliphatic hydroxyl groups is 3. The molecule has 2 aromatic carbocycles. The molecule has 1 fully saturated rings. The van der Waals surface area contributed by atoms with Gasteiger partial charge in [-0.15, -0.1) is 0 Å². The molecule has 1 saturated carbocycles. The summed E-state index contributed by atoms with van der Waals surface area (Å²) in [6.07, 6.45) is -0.0116. The van der Waals surface area contributed by atoms with Gasteiger partial charge in [-0.2, -0.15) is 0 Å². The van der Waals surface area contributed by atoms with Gasteiger partial charge in [0.25, 0.3) is 5.91 Å². The van der Waals surface area contributed by atoms with E-state index in [1.165, 1.54) is 19.0 Å². The predicted molar refractivity (Wildman–Crippen MR) is 147 cm³/mol. The molecule has 11 nitrogen and oxygen atoms in total. The largest absolute Gasteiger partial charge is 0.508 e. The topological polar surface area (TPSA) is 196 Å². The van der Waals surface area contributed by atoms with Crippen LogP contribution in [-0.4, -0.2) is 80.1 Å². The number of phenolic OH excluding ortho intramolecular Hbond substituents is 1. The van der Waals surface area contributed by atoms with Crippen molar-refractivity contribution < 1.29 is 44.4 Å². The molecule has 2 aromatic rings. The first-order valence-corrected chi connectivity index (χ1v) is 13.5. The van der Waals surface area contributed by atoms with E-state index in [2.05, 4.69) is 0 Å². The number of carbonyl (C=O) groups excluding carboxylic acids is 5. The lowest BCUT2D eigenvalue weighted by atomic mass is 9.57. The summed E-state index contributed by atoms with van der Waals surface area (Å²) >= 11 is 0. The predicted octanol–water partition coefficient (Wildman–Crippen LogP) is 1.20. The average Bonchev–Trinajstić information content (AvgIpc) is 3.16. The molecule has 0 aliphatic heterocycles. The zero-order valence-corrected chi connectivity index (χ0v) is 22.7. The molecular weight excluding hydrogens is 544 g/mol. The van der Waals surface area contributed by atoms with E-state index in [-0.39, 0.29) is 47.5 Å². The molecule has 0 unspecified atom stereocenters. The highest BCUT2D eigenvalue weighted by atomic mass is 16.3. The minimum atomic E-state index is -2.73. The van der Waals surface area contributed by atoms with E-state index < -0.39 is 69.7 Å². The van der Waals surface area contributed by atoms with Gasteiger partial charge in [0.05, 0.1) is 17.5 Å². The van der Waals surface area contributed by atoms with E-state index in [1.807, 2.05) is 0 Å². The van der Waals surface area contributed by atoms with Crippen molar-refractivity contribution in [2.45, 2.75) is 30.9 Å². The van der Waals surface area contributed by atoms with Crippen LogP contribution in [0.3, 0.4) is 0 Å². The molecule has 0 heterocycles.